The molecule has 9 rings (SSSR count). The summed E-state index contributed by atoms with van der Waals surface area (Å²) in [4.78, 5) is 12.1. The lowest BCUT2D eigenvalue weighted by Crippen LogP contribution is -2.44. The number of pyridine rings is 1. The van der Waals surface area contributed by atoms with Crippen molar-refractivity contribution in [2.45, 2.75) is 40.0 Å². The molecule has 3 aliphatic rings. The highest BCUT2D eigenvalue weighted by atomic mass is 16.5. The van der Waals surface area contributed by atoms with E-state index in [1.165, 1.54) is 44.7 Å². The Bertz CT molecular complexity index is 2480. The fourth-order valence-corrected chi connectivity index (χ4v) is 7.66. The Balaban J connectivity index is 1.07. The van der Waals surface area contributed by atoms with Crippen molar-refractivity contribution < 1.29 is 4.74 Å². The number of anilines is 3. The second-order valence-corrected chi connectivity index (χ2v) is 14.8. The van der Waals surface area contributed by atoms with Gasteiger partial charge in [0.2, 0.25) is 0 Å². The van der Waals surface area contributed by atoms with Crippen molar-refractivity contribution in [2.75, 3.05) is 16.5 Å². The summed E-state index contributed by atoms with van der Waals surface area (Å²) in [6.07, 6.45) is 8.64. The van der Waals surface area contributed by atoms with Gasteiger partial charge in [-0.2, -0.15) is 0 Å². The van der Waals surface area contributed by atoms with Crippen LogP contribution in [0.5, 0.6) is 11.5 Å². The van der Waals surface area contributed by atoms with Crippen LogP contribution < -0.4 is 14.5 Å². The topological polar surface area (TPSA) is 36.8 Å². The third-order valence-corrected chi connectivity index (χ3v) is 10.2. The highest BCUT2D eigenvalue weighted by Crippen LogP contribution is 2.45. The van der Waals surface area contributed by atoms with Gasteiger partial charge in [0.15, 0.2) is 0 Å². The Morgan fingerprint density at radius 1 is 0.706 bits per heavy atom. The summed E-state index contributed by atoms with van der Waals surface area (Å²) >= 11 is 0. The largest absolute Gasteiger partial charge is 0.457 e. The number of rotatable bonds is 5. The van der Waals surface area contributed by atoms with Gasteiger partial charge in [0.1, 0.15) is 29.8 Å². The number of aromatic nitrogens is 2. The van der Waals surface area contributed by atoms with E-state index in [9.17, 15) is 0 Å². The second-order valence-electron chi connectivity index (χ2n) is 14.8. The van der Waals surface area contributed by atoms with Gasteiger partial charge in [-0.3, -0.25) is 4.57 Å². The van der Waals surface area contributed by atoms with Gasteiger partial charge in [-0.05, 0) is 96.8 Å². The lowest BCUT2D eigenvalue weighted by molar-refractivity contribution is 0.483. The van der Waals surface area contributed by atoms with E-state index in [1.54, 1.807) is 0 Å². The smallest absolute Gasteiger partial charge is 0.314 e. The molecular weight excluding hydrogens is 625 g/mol. The summed E-state index contributed by atoms with van der Waals surface area (Å²) in [5.41, 5.74) is 9.37. The molecule has 0 saturated heterocycles. The first-order valence-electron chi connectivity index (χ1n) is 17.7. The van der Waals surface area contributed by atoms with Crippen LogP contribution in [-0.4, -0.2) is 27.9 Å². The molecule has 0 unspecified atom stereocenters. The predicted octanol–water partition coefficient (Wildman–Crippen LogP) is 10.8. The molecule has 0 saturated carbocycles. The van der Waals surface area contributed by atoms with Gasteiger partial charge in [-0.1, -0.05) is 81.3 Å². The maximum Gasteiger partial charge on any atom is 0.314 e. The number of nitrogens with zero attached hydrogens (tertiary/aromatic N) is 5. The van der Waals surface area contributed by atoms with E-state index in [4.69, 9.17) is 9.72 Å². The lowest BCUT2D eigenvalue weighted by atomic mass is 9.57. The molecule has 6 aromatic rings. The van der Waals surface area contributed by atoms with Crippen molar-refractivity contribution in [3.05, 3.63) is 162 Å². The third kappa shape index (κ3) is 5.32. The molecule has 6 nitrogen and oxygen atoms in total. The average molecular weight is 666 g/mol. The van der Waals surface area contributed by atoms with Crippen LogP contribution in [0.4, 0.5) is 17.1 Å². The molecule has 7 heteroatoms. The van der Waals surface area contributed by atoms with E-state index in [1.807, 2.05) is 12.3 Å². The SMILES string of the molecule is CC1=CN2B(C=C1)C=CC(C)=C2N1CN(c2cccc(Oc3ccc4c5ccccc5n(-c5cc(C(C)(C)C)ccn5)c4c3)c2)c2ccccc21. The molecule has 4 aromatic carbocycles. The fourth-order valence-electron chi connectivity index (χ4n) is 7.66. The van der Waals surface area contributed by atoms with Gasteiger partial charge in [0, 0.05) is 34.8 Å². The minimum atomic E-state index is 0.00918. The highest BCUT2D eigenvalue weighted by molar-refractivity contribution is 6.68. The summed E-state index contributed by atoms with van der Waals surface area (Å²) in [5, 5.41) is 2.36. The molecule has 0 bridgehead atoms. The standard InChI is InChI=1S/C44H40BN5O/c1-30-19-22-45-23-20-31(2)43(49(45)28-30)48-29-47(39-15-8-9-16-40(39)48)33-11-10-12-34(26-33)51-35-17-18-37-36-13-6-7-14-38(36)50(41(37)27-35)42-25-32(21-24-46-42)44(3,4)5/h6-28H,29H2,1-5H3. The van der Waals surface area contributed by atoms with E-state index >= 15 is 0 Å². The number of ether oxygens (including phenoxy) is 1. The molecule has 5 heterocycles. The number of benzene rings is 4. The molecule has 0 amide bonds. The van der Waals surface area contributed by atoms with Crippen molar-refractivity contribution in [1.82, 2.24) is 14.4 Å². The maximum atomic E-state index is 6.67. The van der Waals surface area contributed by atoms with E-state index in [-0.39, 0.29) is 12.3 Å². The highest BCUT2D eigenvalue weighted by Gasteiger charge is 2.36. The van der Waals surface area contributed by atoms with E-state index < -0.39 is 0 Å². The number of para-hydroxylation sites is 3. The Labute approximate surface area is 300 Å². The normalized spacial score (nSPS) is 15.6. The van der Waals surface area contributed by atoms with Crippen molar-refractivity contribution in [3.63, 3.8) is 0 Å². The number of hydrogen-bond donors (Lipinski definition) is 0. The summed E-state index contributed by atoms with van der Waals surface area (Å²) in [6, 6.07) is 36.4. The van der Waals surface area contributed by atoms with Crippen LogP contribution in [0.15, 0.2) is 157 Å². The van der Waals surface area contributed by atoms with E-state index in [2.05, 4.69) is 181 Å². The Morgan fingerprint density at radius 2 is 1.45 bits per heavy atom. The molecule has 0 spiro atoms. The molecule has 2 aromatic heterocycles. The Kier molecular flexibility index (Phi) is 7.21. The van der Waals surface area contributed by atoms with Crippen molar-refractivity contribution in [3.8, 4) is 17.3 Å². The molecule has 0 N–H and O–H groups in total. The molecular formula is C44H40BN5O. The van der Waals surface area contributed by atoms with Gasteiger partial charge < -0.3 is 19.3 Å². The Hall–Kier alpha value is -5.95. The van der Waals surface area contributed by atoms with Crippen LogP contribution in [0.25, 0.3) is 27.6 Å². The van der Waals surface area contributed by atoms with Gasteiger partial charge in [-0.25, -0.2) is 4.98 Å². The average Bonchev–Trinajstić information content (AvgIpc) is 3.67. The molecule has 250 valence electrons. The number of allylic oxidation sites excluding steroid dienone is 4. The van der Waals surface area contributed by atoms with Gasteiger partial charge in [-0.15, -0.1) is 0 Å². The van der Waals surface area contributed by atoms with Crippen LogP contribution >= 0.6 is 0 Å². The third-order valence-electron chi connectivity index (χ3n) is 10.2. The second kappa shape index (κ2) is 11.8. The van der Waals surface area contributed by atoms with Crippen LogP contribution in [-0.2, 0) is 5.41 Å². The zero-order chi connectivity index (χ0) is 34.9. The first kappa shape index (κ1) is 31.1. The number of hydrogen-bond acceptors (Lipinski definition) is 5. The molecule has 51 heavy (non-hydrogen) atoms. The predicted molar refractivity (Wildman–Crippen MR) is 212 cm³/mol. The van der Waals surface area contributed by atoms with Crippen LogP contribution in [0.3, 0.4) is 0 Å². The van der Waals surface area contributed by atoms with Crippen LogP contribution in [0.1, 0.15) is 40.2 Å². The van der Waals surface area contributed by atoms with Crippen molar-refractivity contribution in [1.29, 1.82) is 0 Å². The summed E-state index contributed by atoms with van der Waals surface area (Å²) in [6.45, 7) is 12.0. The van der Waals surface area contributed by atoms with Gasteiger partial charge in [0.05, 0.1) is 22.4 Å². The van der Waals surface area contributed by atoms with Crippen molar-refractivity contribution >= 4 is 45.7 Å². The lowest BCUT2D eigenvalue weighted by Gasteiger charge is -2.39. The first-order valence-corrected chi connectivity index (χ1v) is 17.7. The quantitative estimate of drug-likeness (QED) is 0.171. The zero-order valence-corrected chi connectivity index (χ0v) is 29.7. The van der Waals surface area contributed by atoms with Gasteiger partial charge >= 0.3 is 6.85 Å². The van der Waals surface area contributed by atoms with Crippen LogP contribution in [0, 0.1) is 0 Å². The Morgan fingerprint density at radius 3 is 2.29 bits per heavy atom. The first-order chi connectivity index (χ1) is 24.7. The van der Waals surface area contributed by atoms with Crippen molar-refractivity contribution in [2.24, 2.45) is 0 Å². The van der Waals surface area contributed by atoms with E-state index in [0.29, 0.717) is 6.67 Å². The molecule has 3 aliphatic heterocycles. The number of fused-ring (bicyclic) bond motifs is 5. The summed E-state index contributed by atoms with van der Waals surface area (Å²) < 4.78 is 8.93. The fraction of sp³-hybridized carbons (Fsp3) is 0.159. The minimum absolute atomic E-state index is 0.00918. The van der Waals surface area contributed by atoms with Gasteiger partial charge in [0.25, 0.3) is 0 Å². The minimum Gasteiger partial charge on any atom is -0.457 e. The molecule has 0 aliphatic carbocycles. The van der Waals surface area contributed by atoms with Crippen LogP contribution in [0.2, 0.25) is 0 Å². The molecule has 0 atom stereocenters. The molecule has 0 radical (unpaired) electrons. The monoisotopic (exact) mass is 665 g/mol. The maximum absolute atomic E-state index is 6.67. The molecule has 0 fully saturated rings. The van der Waals surface area contributed by atoms with E-state index in [0.717, 1.165) is 34.0 Å². The summed E-state index contributed by atoms with van der Waals surface area (Å²) in [7, 11) is 0. The summed E-state index contributed by atoms with van der Waals surface area (Å²) in [5.74, 6) is 8.22. The zero-order valence-electron chi connectivity index (χ0n) is 29.7.